The van der Waals surface area contributed by atoms with Gasteiger partial charge in [-0.3, -0.25) is 9.59 Å². The molecule has 118 heavy (non-hydrogen) atoms. The van der Waals surface area contributed by atoms with Gasteiger partial charge in [0.15, 0.2) is 62.3 Å². The number of hydrogen-bond acceptors (Lipinski definition) is 40. The van der Waals surface area contributed by atoms with Crippen molar-refractivity contribution in [1.82, 2.24) is 0 Å². The highest BCUT2D eigenvalue weighted by molar-refractivity contribution is 5.80. The van der Waals surface area contributed by atoms with Crippen LogP contribution < -0.4 is 0 Å². The van der Waals surface area contributed by atoms with E-state index in [2.05, 4.69) is 26.8 Å². The first-order chi connectivity index (χ1) is 55.3. The van der Waals surface area contributed by atoms with Crippen LogP contribution in [0.25, 0.3) is 0 Å². The Labute approximate surface area is 678 Å². The van der Waals surface area contributed by atoms with Crippen LogP contribution in [0, 0.1) is 50.2 Å². The first kappa shape index (κ1) is 92.1. The summed E-state index contributed by atoms with van der Waals surface area (Å²) in [5, 5.41) is 224. The minimum absolute atomic E-state index is 0.0232. The molecule has 1 unspecified atom stereocenters. The maximum absolute atomic E-state index is 16.2. The molecular weight excluding hydrogens is 1580 g/mol. The van der Waals surface area contributed by atoms with Crippen LogP contribution in [-0.4, -0.2) is 392 Å². The quantitative estimate of drug-likeness (QED) is 0.0233. The maximum atomic E-state index is 16.2. The average molecular weight is 1700 g/mol. The van der Waals surface area contributed by atoms with Gasteiger partial charge < -0.3 is 187 Å². The number of hydrogen-bond donors (Lipinski definition) is 20. The Hall–Kier alpha value is -3.54. The molecule has 8 saturated heterocycles. The molecule has 41 nitrogen and oxygen atoms in total. The molecule has 47 atom stereocenters. The lowest BCUT2D eigenvalue weighted by Crippen LogP contribution is -2.69. The van der Waals surface area contributed by atoms with Crippen molar-refractivity contribution in [2.75, 3.05) is 26.4 Å². The standard InChI is InChI=1S/C77H120O41/c1-26-54(108-29(4)80)44(89)49(94)66(105-26)112-56-28(3)107-69(60(51(56)96)116-67-50(95)45(90)55(27(2)106-67)111-65-53(98)57(34(83)24-104-65)113-63-46(91)40(85)32(81)22-102-63)118-71(101)77-18-17-72(5,6)19-31(77)30-11-12-37-73(7)15-14-39(74(8,25-79)36(73)13-16-75(37,9)76(30,10)20-38(77)84)110-70-61(117-68-48(93)43(88)42(87)35(21-78)109-68)58(52(97)59(115-70)62(99)100)114-64-47(92)41(86)33(82)23-103-64/h11,25-28,31-61,63-70,78,81-98H,12-24H2,1-10H3,(H,99,100)/t26-,27+,28-,31+,32-,33-,34-,35-,36?,37-,38-,39+,40+,41+,42+,43+,44-,45+,46-,47-,48-,49-,50-,51+,52+,53-,54-,55+,56+,57+,58+,59+,60-,61-,63+,64+,65+,66+,67+,68+,69+,70-,73+,74+,75-,76-,77-/m1/s1. The Bertz CT molecular complexity index is 3530. The van der Waals surface area contributed by atoms with E-state index in [1.807, 2.05) is 13.8 Å². The van der Waals surface area contributed by atoms with E-state index in [1.54, 1.807) is 6.92 Å². The summed E-state index contributed by atoms with van der Waals surface area (Å²) in [6.45, 7) is 14.8. The minimum atomic E-state index is -2.25. The van der Waals surface area contributed by atoms with Crippen molar-refractivity contribution in [2.45, 2.75) is 367 Å². The summed E-state index contributed by atoms with van der Waals surface area (Å²) < 4.78 is 102. The third-order valence-corrected chi connectivity index (χ3v) is 28.8. The van der Waals surface area contributed by atoms with Crippen LogP contribution in [0.5, 0.6) is 0 Å². The van der Waals surface area contributed by atoms with E-state index in [0.29, 0.717) is 38.5 Å². The summed E-state index contributed by atoms with van der Waals surface area (Å²) in [5.74, 6) is -5.12. The van der Waals surface area contributed by atoms with E-state index in [4.69, 9.17) is 80.5 Å². The lowest BCUT2D eigenvalue weighted by Gasteiger charge is -2.71. The summed E-state index contributed by atoms with van der Waals surface area (Å²) >= 11 is 0. The number of carbonyl (C=O) groups excluding carboxylic acids is 3. The second-order valence-electron chi connectivity index (χ2n) is 36.5. The van der Waals surface area contributed by atoms with Crippen LogP contribution in [-0.2, 0) is 99.7 Å². The number of carboxylic acid groups (broad SMARTS) is 1. The zero-order valence-electron chi connectivity index (χ0n) is 67.1. The molecule has 674 valence electrons. The number of esters is 2. The summed E-state index contributed by atoms with van der Waals surface area (Å²) in [7, 11) is 0. The molecule has 0 aromatic carbocycles. The molecule has 0 aromatic rings. The first-order valence-corrected chi connectivity index (χ1v) is 40.7. The predicted octanol–water partition coefficient (Wildman–Crippen LogP) is -6.93. The van der Waals surface area contributed by atoms with E-state index >= 15 is 4.79 Å². The SMILES string of the molecule is CC(=O)O[C@H]1[C@H](O)[C@@H](O)[C@H](O[C@@H]2[C@H](O)[C@@H](O[C@@H]3O[C@@H](C)[C@H](O[C@@H]4OC[C@@H](O)[C@H](O[C@@H]5OC[C@@H](O)[C@H](O)[C@H]5O)[C@H]4O)[C@@H](O)[C@H]3O)[C@H](OC(=O)[C@]34CCC(C)(C)C[C@H]3C3=CC[C@@H]5[C@@]6(C)CC[C@H](O[C@@H]7O[C@H](C(=O)O)[C@@H](O)[C@H](O[C@@H]8OC[C@@H](O)[C@H](O)[C@H]8O)[C@H]7O[C@@H]7O[C@H](CO)[C@H](O)[C@H](O)[C@H]7O)[C@@](C)(C=O)C6CC[C@@]5(C)[C@]3(C)C[C@H]4O)O[C@@H]2C)O[C@@H]1C. The molecule has 20 N–H and O–H groups in total. The molecule has 0 spiro atoms. The van der Waals surface area contributed by atoms with Crippen molar-refractivity contribution in [2.24, 2.45) is 50.2 Å². The van der Waals surface area contributed by atoms with E-state index in [9.17, 15) is 117 Å². The smallest absolute Gasteiger partial charge is 0.335 e. The molecule has 41 heteroatoms. The van der Waals surface area contributed by atoms with E-state index in [0.717, 1.165) is 18.8 Å². The van der Waals surface area contributed by atoms with Gasteiger partial charge in [0.1, 0.15) is 152 Å². The van der Waals surface area contributed by atoms with Crippen molar-refractivity contribution in [3.63, 3.8) is 0 Å². The Morgan fingerprint density at radius 2 is 0.958 bits per heavy atom. The number of fused-ring (bicyclic) bond motifs is 7. The van der Waals surface area contributed by atoms with Gasteiger partial charge in [0.25, 0.3) is 0 Å². The molecule has 0 bridgehead atoms. The van der Waals surface area contributed by atoms with E-state index < -0.39 is 328 Å². The van der Waals surface area contributed by atoms with Crippen LogP contribution >= 0.6 is 0 Å². The summed E-state index contributed by atoms with van der Waals surface area (Å²) in [4.78, 5) is 55.7. The number of aliphatic hydroxyl groups is 19. The highest BCUT2D eigenvalue weighted by atomic mass is 16.8. The third kappa shape index (κ3) is 16.2. The summed E-state index contributed by atoms with van der Waals surface area (Å²) in [6, 6.07) is 0. The van der Waals surface area contributed by atoms with Gasteiger partial charge in [0, 0.05) is 6.92 Å². The maximum Gasteiger partial charge on any atom is 0.335 e. The van der Waals surface area contributed by atoms with Gasteiger partial charge in [-0.25, -0.2) is 4.79 Å². The van der Waals surface area contributed by atoms with Crippen molar-refractivity contribution >= 4 is 24.2 Å². The van der Waals surface area contributed by atoms with Gasteiger partial charge >= 0.3 is 17.9 Å². The van der Waals surface area contributed by atoms with Gasteiger partial charge in [0.05, 0.1) is 62.4 Å². The van der Waals surface area contributed by atoms with Gasteiger partial charge in [-0.05, 0) is 118 Å². The fourth-order valence-electron chi connectivity index (χ4n) is 21.8. The van der Waals surface area contributed by atoms with E-state index in [1.165, 1.54) is 20.8 Å². The van der Waals surface area contributed by atoms with Gasteiger partial charge in [-0.15, -0.1) is 0 Å². The number of carbonyl (C=O) groups is 4. The molecule has 4 saturated carbocycles. The summed E-state index contributed by atoms with van der Waals surface area (Å²) in [5.41, 5.74) is -5.27. The number of aliphatic hydroxyl groups excluding tert-OH is 19. The fourth-order valence-corrected chi connectivity index (χ4v) is 21.8. The molecule has 5 aliphatic carbocycles. The van der Waals surface area contributed by atoms with Crippen molar-refractivity contribution in [3.8, 4) is 0 Å². The van der Waals surface area contributed by atoms with Gasteiger partial charge in [0.2, 0.25) is 6.29 Å². The Kier molecular flexibility index (Phi) is 27.3. The molecule has 13 aliphatic rings. The Balaban J connectivity index is 0.769. The number of rotatable bonds is 20. The minimum Gasteiger partial charge on any atom is -0.479 e. The first-order valence-electron chi connectivity index (χ1n) is 40.7. The number of carboxylic acids is 1. The molecule has 0 radical (unpaired) electrons. The molecule has 12 fully saturated rings. The lowest BCUT2D eigenvalue weighted by molar-refractivity contribution is -0.391. The molecule has 13 rings (SSSR count). The average Bonchev–Trinajstić information content (AvgIpc) is 0.668. The second-order valence-corrected chi connectivity index (χ2v) is 36.5. The third-order valence-electron chi connectivity index (χ3n) is 28.8. The predicted molar refractivity (Wildman–Crippen MR) is 383 cm³/mol. The monoisotopic (exact) mass is 1700 g/mol. The van der Waals surface area contributed by atoms with E-state index in [-0.39, 0.29) is 25.2 Å². The van der Waals surface area contributed by atoms with Gasteiger partial charge in [-0.1, -0.05) is 53.2 Å². The number of allylic oxidation sites excluding steroid dienone is 2. The Morgan fingerprint density at radius 1 is 0.458 bits per heavy atom. The highest BCUT2D eigenvalue weighted by Crippen LogP contribution is 2.76. The topological polar surface area (TPSA) is 630 Å². The molecule has 0 amide bonds. The van der Waals surface area contributed by atoms with Crippen LogP contribution in [0.3, 0.4) is 0 Å². The van der Waals surface area contributed by atoms with Crippen molar-refractivity contribution < 1.29 is 202 Å². The zero-order chi connectivity index (χ0) is 86.2. The molecule has 8 aliphatic heterocycles. The van der Waals surface area contributed by atoms with Crippen LogP contribution in [0.15, 0.2) is 11.6 Å². The second kappa shape index (κ2) is 35.0. The van der Waals surface area contributed by atoms with Gasteiger partial charge in [-0.2, -0.15) is 0 Å². The number of aldehydes is 1. The normalized spacial score (nSPS) is 54.2. The van der Waals surface area contributed by atoms with Crippen molar-refractivity contribution in [3.05, 3.63) is 11.6 Å². The molecule has 8 heterocycles. The fraction of sp³-hybridized carbons (Fsp3) is 0.922. The summed E-state index contributed by atoms with van der Waals surface area (Å²) in [6.07, 6.45) is -64.7. The van der Waals surface area contributed by atoms with Crippen molar-refractivity contribution in [1.29, 1.82) is 0 Å². The highest BCUT2D eigenvalue weighted by Gasteiger charge is 2.74. The lowest BCUT2D eigenvalue weighted by atomic mass is 9.33. The Morgan fingerprint density at radius 3 is 1.54 bits per heavy atom. The molecular formula is C77H120O41. The van der Waals surface area contributed by atoms with Crippen LogP contribution in [0.1, 0.15) is 127 Å². The number of ether oxygens (including phenoxy) is 17. The largest absolute Gasteiger partial charge is 0.479 e. The van der Waals surface area contributed by atoms with Crippen LogP contribution in [0.4, 0.5) is 0 Å². The van der Waals surface area contributed by atoms with Crippen LogP contribution in [0.2, 0.25) is 0 Å². The zero-order valence-corrected chi connectivity index (χ0v) is 67.1. The number of aliphatic carboxylic acids is 1. The molecule has 0 aromatic heterocycles.